The molecule has 0 bridgehead atoms. The summed E-state index contributed by atoms with van der Waals surface area (Å²) in [5.41, 5.74) is 1.62. The first-order valence-electron chi connectivity index (χ1n) is 7.83. The number of carbonyl (C=O) groups is 1. The smallest absolute Gasteiger partial charge is 0.220 e. The second-order valence-corrected chi connectivity index (χ2v) is 5.75. The molecule has 0 aliphatic heterocycles. The van der Waals surface area contributed by atoms with Gasteiger partial charge in [-0.1, -0.05) is 31.2 Å². The van der Waals surface area contributed by atoms with Gasteiger partial charge in [-0.05, 0) is 41.3 Å². The van der Waals surface area contributed by atoms with Gasteiger partial charge in [-0.25, -0.2) is 4.39 Å². The molecule has 2 N–H and O–H groups in total. The monoisotopic (exact) mass is 331 g/mol. The normalized spacial score (nSPS) is 13.2. The first-order valence-corrected chi connectivity index (χ1v) is 7.83. The molecule has 2 aromatic rings. The van der Waals surface area contributed by atoms with Crippen LogP contribution in [0.5, 0.6) is 5.75 Å². The molecule has 0 aliphatic rings. The maximum Gasteiger partial charge on any atom is 0.220 e. The standard InChI is InChI=1S/C19H22FNO3/c1-13(14-3-7-16(20)8-4-14)11-19(23)21-12-18(22)15-5-9-17(24-2)10-6-15/h3-10,13,18,22H,11-12H2,1-2H3,(H,21,23)/t13-,18-/m1/s1. The van der Waals surface area contributed by atoms with Crippen LogP contribution in [0.15, 0.2) is 48.5 Å². The summed E-state index contributed by atoms with van der Waals surface area (Å²) in [6.45, 7) is 2.05. The Bertz CT molecular complexity index is 655. The summed E-state index contributed by atoms with van der Waals surface area (Å²) in [4.78, 5) is 12.0. The fourth-order valence-electron chi connectivity index (χ4n) is 2.41. The number of halogens is 1. The Balaban J connectivity index is 1.82. The molecular formula is C19H22FNO3. The fraction of sp³-hybridized carbons (Fsp3) is 0.316. The highest BCUT2D eigenvalue weighted by Gasteiger charge is 2.13. The molecule has 0 radical (unpaired) electrons. The summed E-state index contributed by atoms with van der Waals surface area (Å²) >= 11 is 0. The van der Waals surface area contributed by atoms with Crippen molar-refractivity contribution in [2.24, 2.45) is 0 Å². The Morgan fingerprint density at radius 3 is 2.29 bits per heavy atom. The highest BCUT2D eigenvalue weighted by molar-refractivity contribution is 5.76. The van der Waals surface area contributed by atoms with Gasteiger partial charge in [0.05, 0.1) is 13.2 Å². The Labute approximate surface area is 141 Å². The van der Waals surface area contributed by atoms with Gasteiger partial charge in [0.1, 0.15) is 11.6 Å². The first-order chi connectivity index (χ1) is 11.5. The van der Waals surface area contributed by atoms with Gasteiger partial charge >= 0.3 is 0 Å². The molecule has 0 spiro atoms. The van der Waals surface area contributed by atoms with Crippen LogP contribution in [0.4, 0.5) is 4.39 Å². The van der Waals surface area contributed by atoms with Crippen molar-refractivity contribution in [3.8, 4) is 5.75 Å². The number of carbonyl (C=O) groups excluding carboxylic acids is 1. The van der Waals surface area contributed by atoms with Crippen LogP contribution in [-0.2, 0) is 4.79 Å². The molecule has 0 saturated heterocycles. The lowest BCUT2D eigenvalue weighted by Crippen LogP contribution is -2.29. The molecule has 128 valence electrons. The van der Waals surface area contributed by atoms with E-state index in [-0.39, 0.29) is 30.6 Å². The molecule has 0 aromatic heterocycles. The third-order valence-corrected chi connectivity index (χ3v) is 3.92. The lowest BCUT2D eigenvalue weighted by atomic mass is 9.97. The van der Waals surface area contributed by atoms with Crippen LogP contribution in [-0.4, -0.2) is 24.7 Å². The van der Waals surface area contributed by atoms with Crippen LogP contribution in [0.1, 0.15) is 36.5 Å². The van der Waals surface area contributed by atoms with Crippen LogP contribution < -0.4 is 10.1 Å². The average molecular weight is 331 g/mol. The number of hydrogen-bond donors (Lipinski definition) is 2. The van der Waals surface area contributed by atoms with Gasteiger partial charge in [-0.3, -0.25) is 4.79 Å². The van der Waals surface area contributed by atoms with Crippen LogP contribution in [0, 0.1) is 5.82 Å². The lowest BCUT2D eigenvalue weighted by Gasteiger charge is -2.15. The highest BCUT2D eigenvalue weighted by Crippen LogP contribution is 2.20. The third kappa shape index (κ3) is 5.06. The minimum Gasteiger partial charge on any atom is -0.497 e. The van der Waals surface area contributed by atoms with Gasteiger partial charge in [0, 0.05) is 13.0 Å². The Hall–Kier alpha value is -2.40. The molecule has 0 unspecified atom stereocenters. The van der Waals surface area contributed by atoms with Gasteiger partial charge in [0.25, 0.3) is 0 Å². The molecular weight excluding hydrogens is 309 g/mol. The molecule has 24 heavy (non-hydrogen) atoms. The molecule has 4 nitrogen and oxygen atoms in total. The van der Waals surface area contributed by atoms with Gasteiger partial charge in [-0.15, -0.1) is 0 Å². The van der Waals surface area contributed by atoms with Gasteiger partial charge in [0.2, 0.25) is 5.91 Å². The van der Waals surface area contributed by atoms with Crippen LogP contribution in [0.3, 0.4) is 0 Å². The summed E-state index contributed by atoms with van der Waals surface area (Å²) in [5.74, 6) is 0.240. The molecule has 1 amide bonds. The van der Waals surface area contributed by atoms with E-state index < -0.39 is 6.10 Å². The van der Waals surface area contributed by atoms with E-state index in [0.29, 0.717) is 11.3 Å². The Morgan fingerprint density at radius 2 is 1.71 bits per heavy atom. The molecule has 0 heterocycles. The van der Waals surface area contributed by atoms with Gasteiger partial charge in [0.15, 0.2) is 0 Å². The number of hydrogen-bond acceptors (Lipinski definition) is 3. The SMILES string of the molecule is COc1ccc([C@H](O)CNC(=O)C[C@@H](C)c2ccc(F)cc2)cc1. The molecule has 0 saturated carbocycles. The van der Waals surface area contributed by atoms with Crippen molar-refractivity contribution in [3.05, 3.63) is 65.5 Å². The van der Waals surface area contributed by atoms with E-state index in [1.807, 2.05) is 6.92 Å². The van der Waals surface area contributed by atoms with E-state index in [9.17, 15) is 14.3 Å². The van der Waals surface area contributed by atoms with Crippen LogP contribution >= 0.6 is 0 Å². The number of nitrogens with one attached hydrogen (secondary N) is 1. The predicted octanol–water partition coefficient (Wildman–Crippen LogP) is 3.18. The van der Waals surface area contributed by atoms with E-state index in [0.717, 1.165) is 5.56 Å². The van der Waals surface area contributed by atoms with Crippen molar-refractivity contribution in [1.82, 2.24) is 5.32 Å². The zero-order valence-electron chi connectivity index (χ0n) is 13.8. The maximum absolute atomic E-state index is 12.9. The fourth-order valence-corrected chi connectivity index (χ4v) is 2.41. The van der Waals surface area contributed by atoms with E-state index >= 15 is 0 Å². The van der Waals surface area contributed by atoms with Crippen molar-refractivity contribution in [2.75, 3.05) is 13.7 Å². The zero-order valence-corrected chi connectivity index (χ0v) is 13.8. The minimum absolute atomic E-state index is 0.0243. The number of aliphatic hydroxyl groups excluding tert-OH is 1. The summed E-state index contributed by atoms with van der Waals surface area (Å²) in [5, 5.41) is 12.8. The predicted molar refractivity (Wildman–Crippen MR) is 90.4 cm³/mol. The summed E-state index contributed by atoms with van der Waals surface area (Å²) < 4.78 is 18.0. The van der Waals surface area contributed by atoms with E-state index in [4.69, 9.17) is 4.74 Å². The highest BCUT2D eigenvalue weighted by atomic mass is 19.1. The number of aliphatic hydroxyl groups is 1. The third-order valence-electron chi connectivity index (χ3n) is 3.92. The second kappa shape index (κ2) is 8.45. The molecule has 2 aromatic carbocycles. The molecule has 0 fully saturated rings. The number of benzene rings is 2. The zero-order chi connectivity index (χ0) is 17.5. The number of methoxy groups -OCH3 is 1. The summed E-state index contributed by atoms with van der Waals surface area (Å²) in [7, 11) is 1.58. The average Bonchev–Trinajstić information content (AvgIpc) is 2.60. The molecule has 0 aliphatic carbocycles. The van der Waals surface area contributed by atoms with E-state index in [1.165, 1.54) is 12.1 Å². The summed E-state index contributed by atoms with van der Waals surface area (Å²) in [6, 6.07) is 13.2. The number of ether oxygens (including phenoxy) is 1. The van der Waals surface area contributed by atoms with Crippen molar-refractivity contribution in [3.63, 3.8) is 0 Å². The number of rotatable bonds is 7. The quantitative estimate of drug-likeness (QED) is 0.819. The van der Waals surface area contributed by atoms with Gasteiger partial charge in [-0.2, -0.15) is 0 Å². The largest absolute Gasteiger partial charge is 0.497 e. The maximum atomic E-state index is 12.9. The van der Waals surface area contributed by atoms with Crippen molar-refractivity contribution >= 4 is 5.91 Å². The summed E-state index contributed by atoms with van der Waals surface area (Å²) in [6.07, 6.45) is -0.498. The van der Waals surface area contributed by atoms with E-state index in [2.05, 4.69) is 5.32 Å². The van der Waals surface area contributed by atoms with E-state index in [1.54, 1.807) is 43.5 Å². The Morgan fingerprint density at radius 1 is 1.12 bits per heavy atom. The Kier molecular flexibility index (Phi) is 6.32. The number of amides is 1. The lowest BCUT2D eigenvalue weighted by molar-refractivity contribution is -0.121. The van der Waals surface area contributed by atoms with Crippen molar-refractivity contribution in [2.45, 2.75) is 25.4 Å². The molecule has 2 rings (SSSR count). The second-order valence-electron chi connectivity index (χ2n) is 5.75. The van der Waals surface area contributed by atoms with Crippen molar-refractivity contribution < 1.29 is 19.0 Å². The minimum atomic E-state index is -0.777. The van der Waals surface area contributed by atoms with Crippen molar-refractivity contribution in [1.29, 1.82) is 0 Å². The molecule has 2 atom stereocenters. The van der Waals surface area contributed by atoms with Crippen LogP contribution in [0.2, 0.25) is 0 Å². The topological polar surface area (TPSA) is 58.6 Å². The van der Waals surface area contributed by atoms with Crippen LogP contribution in [0.25, 0.3) is 0 Å². The van der Waals surface area contributed by atoms with Gasteiger partial charge < -0.3 is 15.2 Å². The first kappa shape index (κ1) is 17.9. The molecule has 5 heteroatoms.